The molecule has 0 radical (unpaired) electrons. The smallest absolute Gasteiger partial charge is 0.126 e. The topological polar surface area (TPSA) is 43.2 Å². The van der Waals surface area contributed by atoms with Crippen LogP contribution in [0.15, 0.2) is 24.5 Å². The summed E-state index contributed by atoms with van der Waals surface area (Å²) < 4.78 is 8.20. The lowest BCUT2D eigenvalue weighted by Gasteiger charge is -2.34. The number of hydrogen-bond donors (Lipinski definition) is 0. The fraction of sp³-hybridized carbons (Fsp3) is 0.600. The zero-order valence-electron chi connectivity index (χ0n) is 15.3. The SMILES string of the molecule is Cc1cccnc1CN1CCn2c(CCOCC3CC3)cnc2[C@H]1C. The Morgan fingerprint density at radius 3 is 2.92 bits per heavy atom. The van der Waals surface area contributed by atoms with Crippen molar-refractivity contribution >= 4 is 0 Å². The Morgan fingerprint density at radius 2 is 2.12 bits per heavy atom. The van der Waals surface area contributed by atoms with Gasteiger partial charge in [-0.15, -0.1) is 0 Å². The lowest BCUT2D eigenvalue weighted by atomic mass is 10.1. The van der Waals surface area contributed by atoms with Gasteiger partial charge in [0.05, 0.1) is 18.3 Å². The molecule has 1 aliphatic heterocycles. The average Bonchev–Trinajstić information content (AvgIpc) is 3.35. The quantitative estimate of drug-likeness (QED) is 0.726. The molecule has 0 unspecified atom stereocenters. The van der Waals surface area contributed by atoms with Crippen molar-refractivity contribution in [3.05, 3.63) is 47.3 Å². The van der Waals surface area contributed by atoms with E-state index in [4.69, 9.17) is 9.72 Å². The molecule has 0 saturated heterocycles. The van der Waals surface area contributed by atoms with E-state index in [1.807, 2.05) is 18.5 Å². The van der Waals surface area contributed by atoms with Crippen LogP contribution in [0.1, 0.15) is 48.6 Å². The van der Waals surface area contributed by atoms with Crippen molar-refractivity contribution in [3.63, 3.8) is 0 Å². The van der Waals surface area contributed by atoms with Gasteiger partial charge in [0.2, 0.25) is 0 Å². The summed E-state index contributed by atoms with van der Waals surface area (Å²) in [4.78, 5) is 11.8. The zero-order chi connectivity index (χ0) is 17.2. The molecule has 5 nitrogen and oxygen atoms in total. The first-order valence-electron chi connectivity index (χ1n) is 9.49. The molecule has 134 valence electrons. The minimum Gasteiger partial charge on any atom is -0.381 e. The summed E-state index contributed by atoms with van der Waals surface area (Å²) in [6.07, 6.45) is 7.60. The predicted molar refractivity (Wildman–Crippen MR) is 97.3 cm³/mol. The molecule has 2 aromatic rings. The van der Waals surface area contributed by atoms with Crippen molar-refractivity contribution < 1.29 is 4.74 Å². The number of nitrogens with zero attached hydrogens (tertiary/aromatic N) is 4. The van der Waals surface area contributed by atoms with Crippen LogP contribution < -0.4 is 0 Å². The third-order valence-corrected chi connectivity index (χ3v) is 5.53. The third-order valence-electron chi connectivity index (χ3n) is 5.53. The van der Waals surface area contributed by atoms with E-state index < -0.39 is 0 Å². The van der Waals surface area contributed by atoms with E-state index in [2.05, 4.69) is 34.4 Å². The maximum Gasteiger partial charge on any atom is 0.126 e. The monoisotopic (exact) mass is 340 g/mol. The zero-order valence-corrected chi connectivity index (χ0v) is 15.3. The molecule has 0 N–H and O–H groups in total. The van der Waals surface area contributed by atoms with Crippen LogP contribution in [0.5, 0.6) is 0 Å². The van der Waals surface area contributed by atoms with Gasteiger partial charge in [-0.2, -0.15) is 0 Å². The Kier molecular flexibility index (Phi) is 4.86. The molecule has 0 bridgehead atoms. The van der Waals surface area contributed by atoms with Gasteiger partial charge in [-0.3, -0.25) is 9.88 Å². The molecule has 3 heterocycles. The minimum absolute atomic E-state index is 0.316. The highest BCUT2D eigenvalue weighted by Gasteiger charge is 2.27. The van der Waals surface area contributed by atoms with E-state index in [1.165, 1.54) is 35.6 Å². The molecule has 1 aliphatic carbocycles. The summed E-state index contributed by atoms with van der Waals surface area (Å²) in [7, 11) is 0. The molecule has 0 aromatic carbocycles. The number of fused-ring (bicyclic) bond motifs is 1. The van der Waals surface area contributed by atoms with Gasteiger partial charge in [0.1, 0.15) is 5.82 Å². The molecular formula is C20H28N4O. The van der Waals surface area contributed by atoms with Crippen molar-refractivity contribution in [2.75, 3.05) is 19.8 Å². The van der Waals surface area contributed by atoms with E-state index in [0.29, 0.717) is 6.04 Å². The molecule has 0 amide bonds. The molecule has 5 heteroatoms. The number of rotatable bonds is 7. The first-order chi connectivity index (χ1) is 12.2. The maximum absolute atomic E-state index is 5.80. The van der Waals surface area contributed by atoms with Crippen LogP contribution in [0.2, 0.25) is 0 Å². The summed E-state index contributed by atoms with van der Waals surface area (Å²) in [6.45, 7) is 9.07. The number of imidazole rings is 1. The largest absolute Gasteiger partial charge is 0.381 e. The predicted octanol–water partition coefficient (Wildman–Crippen LogP) is 3.13. The fourth-order valence-corrected chi connectivity index (χ4v) is 3.61. The second-order valence-electron chi connectivity index (χ2n) is 7.44. The second kappa shape index (κ2) is 7.26. The normalized spacial score (nSPS) is 20.6. The van der Waals surface area contributed by atoms with Crippen LogP contribution in [0.3, 0.4) is 0 Å². The van der Waals surface area contributed by atoms with E-state index in [9.17, 15) is 0 Å². The van der Waals surface area contributed by atoms with E-state index in [1.54, 1.807) is 0 Å². The molecular weight excluding hydrogens is 312 g/mol. The van der Waals surface area contributed by atoms with Crippen molar-refractivity contribution in [2.24, 2.45) is 5.92 Å². The highest BCUT2D eigenvalue weighted by Crippen LogP contribution is 2.29. The number of aromatic nitrogens is 3. The van der Waals surface area contributed by atoms with Crippen LogP contribution in [-0.2, 0) is 24.2 Å². The van der Waals surface area contributed by atoms with Crippen molar-refractivity contribution in [2.45, 2.75) is 52.2 Å². The highest BCUT2D eigenvalue weighted by atomic mass is 16.5. The van der Waals surface area contributed by atoms with Crippen LogP contribution in [0.25, 0.3) is 0 Å². The maximum atomic E-state index is 5.80. The lowest BCUT2D eigenvalue weighted by Crippen LogP contribution is -2.37. The molecule has 1 fully saturated rings. The molecule has 1 saturated carbocycles. The standard InChI is InChI=1S/C20H28N4O/c1-15-4-3-8-21-19(15)13-23-9-10-24-18(12-22-20(24)16(23)2)7-11-25-14-17-5-6-17/h3-4,8,12,16-17H,5-7,9-11,13-14H2,1-2H3/t16-/m1/s1. The van der Waals surface area contributed by atoms with E-state index in [-0.39, 0.29) is 0 Å². The van der Waals surface area contributed by atoms with Gasteiger partial charge >= 0.3 is 0 Å². The fourth-order valence-electron chi connectivity index (χ4n) is 3.61. The lowest BCUT2D eigenvalue weighted by molar-refractivity contribution is 0.124. The van der Waals surface area contributed by atoms with Crippen LogP contribution in [0.4, 0.5) is 0 Å². The minimum atomic E-state index is 0.316. The molecule has 1 atom stereocenters. The summed E-state index contributed by atoms with van der Waals surface area (Å²) in [5.41, 5.74) is 3.74. The van der Waals surface area contributed by atoms with Gasteiger partial charge in [-0.1, -0.05) is 6.07 Å². The summed E-state index contributed by atoms with van der Waals surface area (Å²) in [6, 6.07) is 4.46. The van der Waals surface area contributed by atoms with E-state index in [0.717, 1.165) is 45.2 Å². The molecule has 25 heavy (non-hydrogen) atoms. The van der Waals surface area contributed by atoms with Crippen molar-refractivity contribution in [3.8, 4) is 0 Å². The Hall–Kier alpha value is -1.72. The number of pyridine rings is 1. The molecule has 2 aromatic heterocycles. The first-order valence-corrected chi connectivity index (χ1v) is 9.49. The average molecular weight is 340 g/mol. The van der Waals surface area contributed by atoms with Gasteiger partial charge in [0.25, 0.3) is 0 Å². The Bertz CT molecular complexity index is 722. The van der Waals surface area contributed by atoms with Crippen molar-refractivity contribution in [1.29, 1.82) is 0 Å². The molecule has 2 aliphatic rings. The number of aryl methyl sites for hydroxylation is 1. The van der Waals surface area contributed by atoms with Gasteiger partial charge < -0.3 is 9.30 Å². The van der Waals surface area contributed by atoms with Gasteiger partial charge in [0, 0.05) is 50.7 Å². The van der Waals surface area contributed by atoms with Gasteiger partial charge in [-0.05, 0) is 44.2 Å². The van der Waals surface area contributed by atoms with Crippen LogP contribution >= 0.6 is 0 Å². The first kappa shape index (κ1) is 16.7. The highest BCUT2D eigenvalue weighted by molar-refractivity contribution is 5.18. The summed E-state index contributed by atoms with van der Waals surface area (Å²) >= 11 is 0. The Morgan fingerprint density at radius 1 is 1.24 bits per heavy atom. The van der Waals surface area contributed by atoms with Crippen LogP contribution in [0, 0.1) is 12.8 Å². The Balaban J connectivity index is 1.38. The second-order valence-corrected chi connectivity index (χ2v) is 7.44. The Labute approximate surface area is 150 Å². The molecule has 4 rings (SSSR count). The van der Waals surface area contributed by atoms with Gasteiger partial charge in [0.15, 0.2) is 0 Å². The van der Waals surface area contributed by atoms with Crippen LogP contribution in [-0.4, -0.2) is 39.2 Å². The third kappa shape index (κ3) is 3.77. The number of hydrogen-bond acceptors (Lipinski definition) is 4. The molecule has 0 spiro atoms. The summed E-state index contributed by atoms with van der Waals surface area (Å²) in [5.74, 6) is 2.01. The van der Waals surface area contributed by atoms with Crippen molar-refractivity contribution in [1.82, 2.24) is 19.4 Å². The van der Waals surface area contributed by atoms with Gasteiger partial charge in [-0.25, -0.2) is 4.98 Å². The van der Waals surface area contributed by atoms with E-state index >= 15 is 0 Å². The summed E-state index contributed by atoms with van der Waals surface area (Å²) in [5, 5.41) is 0. The number of ether oxygens (including phenoxy) is 1.